The number of hydrogen-bond donors (Lipinski definition) is 0. The summed E-state index contributed by atoms with van der Waals surface area (Å²) < 4.78 is 18.6. The fourth-order valence-electron chi connectivity index (χ4n) is 1.97. The average Bonchev–Trinajstić information content (AvgIpc) is 2.04. The fourth-order valence-corrected chi connectivity index (χ4v) is 4.25. The third kappa shape index (κ3) is 1.56. The molecule has 3 nitrogen and oxygen atoms in total. The predicted octanol–water partition coefficient (Wildman–Crippen LogP) is 2.61. The van der Waals surface area contributed by atoms with Gasteiger partial charge in [-0.25, -0.2) is 4.67 Å². The first kappa shape index (κ1) is 9.01. The van der Waals surface area contributed by atoms with Crippen LogP contribution in [0.3, 0.4) is 0 Å². The van der Waals surface area contributed by atoms with E-state index in [0.717, 1.165) is 25.8 Å². The summed E-state index contributed by atoms with van der Waals surface area (Å²) in [5.74, 6) is 0. The highest BCUT2D eigenvalue weighted by atomic mass is 35.7. The normalized spacial score (nSPS) is 43.9. The minimum Gasteiger partial charge on any atom is -0.306 e. The third-order valence-corrected chi connectivity index (χ3v) is 5.12. The molecule has 0 unspecified atom stereocenters. The third-order valence-electron chi connectivity index (χ3n) is 2.60. The molecule has 0 bridgehead atoms. The van der Waals surface area contributed by atoms with Crippen LogP contribution in [0.2, 0.25) is 0 Å². The Morgan fingerprint density at radius 2 is 2.25 bits per heavy atom. The van der Waals surface area contributed by atoms with Gasteiger partial charge >= 0.3 is 6.87 Å². The molecule has 2 rings (SSSR count). The molecule has 0 aromatic rings. The molecule has 0 saturated carbocycles. The van der Waals surface area contributed by atoms with Gasteiger partial charge in [-0.05, 0) is 30.5 Å². The lowest BCUT2D eigenvalue weighted by atomic mass is 10.0. The van der Waals surface area contributed by atoms with Crippen molar-refractivity contribution in [2.45, 2.75) is 31.7 Å². The van der Waals surface area contributed by atoms with E-state index >= 15 is 0 Å². The summed E-state index contributed by atoms with van der Waals surface area (Å²) in [4.78, 5) is 0. The zero-order chi connectivity index (χ0) is 8.60. The molecule has 0 spiro atoms. The summed E-state index contributed by atoms with van der Waals surface area (Å²) in [6.45, 7) is -1.52. The van der Waals surface area contributed by atoms with E-state index in [1.807, 2.05) is 4.67 Å². The van der Waals surface area contributed by atoms with Crippen molar-refractivity contribution in [1.82, 2.24) is 4.67 Å². The second kappa shape index (κ2) is 3.30. The van der Waals surface area contributed by atoms with Gasteiger partial charge in [0, 0.05) is 12.6 Å². The lowest BCUT2D eigenvalue weighted by molar-refractivity contribution is 0.138. The molecule has 2 aliphatic heterocycles. The van der Waals surface area contributed by atoms with Crippen LogP contribution in [0.15, 0.2) is 0 Å². The Kier molecular flexibility index (Phi) is 2.48. The molecule has 0 aromatic heterocycles. The summed E-state index contributed by atoms with van der Waals surface area (Å²) >= 11 is 5.80. The maximum Gasteiger partial charge on any atom is 0.363 e. The SMILES string of the molecule is O=[P@]1(Cl)OCC[C@@H]2CCCCN21. The van der Waals surface area contributed by atoms with E-state index in [0.29, 0.717) is 12.6 Å². The van der Waals surface area contributed by atoms with E-state index in [2.05, 4.69) is 0 Å². The van der Waals surface area contributed by atoms with Crippen molar-refractivity contribution < 1.29 is 9.09 Å². The van der Waals surface area contributed by atoms with E-state index in [1.165, 1.54) is 6.42 Å². The van der Waals surface area contributed by atoms with Gasteiger partial charge in [0.15, 0.2) is 0 Å². The molecule has 0 aliphatic carbocycles. The molecule has 2 fully saturated rings. The zero-order valence-corrected chi connectivity index (χ0v) is 8.56. The average molecular weight is 210 g/mol. The number of nitrogens with zero attached hydrogens (tertiary/aromatic N) is 1. The van der Waals surface area contributed by atoms with Gasteiger partial charge in [0.05, 0.1) is 6.61 Å². The maximum atomic E-state index is 11.7. The molecule has 0 radical (unpaired) electrons. The van der Waals surface area contributed by atoms with Crippen LogP contribution in [-0.4, -0.2) is 23.9 Å². The molecule has 2 aliphatic rings. The van der Waals surface area contributed by atoms with Gasteiger partial charge in [-0.3, -0.25) is 4.57 Å². The molecule has 70 valence electrons. The van der Waals surface area contributed by atoms with E-state index < -0.39 is 6.87 Å². The Hall–Kier alpha value is 0.440. The molecule has 0 aromatic carbocycles. The minimum absolute atomic E-state index is 0.413. The van der Waals surface area contributed by atoms with E-state index in [-0.39, 0.29) is 0 Å². The van der Waals surface area contributed by atoms with Crippen LogP contribution >= 0.6 is 18.1 Å². The van der Waals surface area contributed by atoms with Crippen molar-refractivity contribution in [3.63, 3.8) is 0 Å². The first-order chi connectivity index (χ1) is 5.70. The quantitative estimate of drug-likeness (QED) is 0.575. The topological polar surface area (TPSA) is 29.5 Å². The minimum atomic E-state index is -2.91. The van der Waals surface area contributed by atoms with Crippen LogP contribution in [-0.2, 0) is 9.09 Å². The summed E-state index contributed by atoms with van der Waals surface area (Å²) in [6.07, 6.45) is 4.44. The molecule has 2 heterocycles. The number of rotatable bonds is 0. The van der Waals surface area contributed by atoms with Crippen molar-refractivity contribution in [2.75, 3.05) is 13.2 Å². The zero-order valence-electron chi connectivity index (χ0n) is 6.91. The predicted molar refractivity (Wildman–Crippen MR) is 48.4 cm³/mol. The lowest BCUT2D eigenvalue weighted by Gasteiger charge is -2.40. The largest absolute Gasteiger partial charge is 0.363 e. The van der Waals surface area contributed by atoms with Gasteiger partial charge in [0.1, 0.15) is 0 Å². The Morgan fingerprint density at radius 1 is 1.42 bits per heavy atom. The van der Waals surface area contributed by atoms with Crippen molar-refractivity contribution >= 4 is 18.1 Å². The summed E-state index contributed by atoms with van der Waals surface area (Å²) in [5.41, 5.74) is 0. The molecule has 12 heavy (non-hydrogen) atoms. The van der Waals surface area contributed by atoms with Gasteiger partial charge in [0.25, 0.3) is 0 Å². The summed E-state index contributed by atoms with van der Waals surface area (Å²) in [7, 11) is 0. The van der Waals surface area contributed by atoms with Crippen LogP contribution in [0.25, 0.3) is 0 Å². The maximum absolute atomic E-state index is 11.7. The highest BCUT2D eigenvalue weighted by Gasteiger charge is 2.40. The van der Waals surface area contributed by atoms with Crippen LogP contribution in [0, 0.1) is 0 Å². The smallest absolute Gasteiger partial charge is 0.306 e. The molecule has 0 amide bonds. The Labute approximate surface area is 77.3 Å². The van der Waals surface area contributed by atoms with E-state index in [1.54, 1.807) is 0 Å². The number of piperidine rings is 1. The molecule has 5 heteroatoms. The van der Waals surface area contributed by atoms with Crippen LogP contribution in [0.4, 0.5) is 0 Å². The lowest BCUT2D eigenvalue weighted by Crippen LogP contribution is -2.40. The molecular weight excluding hydrogens is 197 g/mol. The molecule has 0 N–H and O–H groups in total. The van der Waals surface area contributed by atoms with E-state index in [4.69, 9.17) is 15.8 Å². The second-order valence-electron chi connectivity index (χ2n) is 3.39. The van der Waals surface area contributed by atoms with E-state index in [9.17, 15) is 4.57 Å². The first-order valence-electron chi connectivity index (χ1n) is 4.41. The Bertz CT molecular complexity index is 221. The van der Waals surface area contributed by atoms with Crippen LogP contribution < -0.4 is 0 Å². The monoisotopic (exact) mass is 209 g/mol. The van der Waals surface area contributed by atoms with Crippen molar-refractivity contribution in [2.24, 2.45) is 0 Å². The summed E-state index contributed by atoms with van der Waals surface area (Å²) in [6, 6.07) is 0.413. The highest BCUT2D eigenvalue weighted by Crippen LogP contribution is 2.60. The van der Waals surface area contributed by atoms with Crippen molar-refractivity contribution in [1.29, 1.82) is 0 Å². The van der Waals surface area contributed by atoms with Crippen LogP contribution in [0.1, 0.15) is 25.7 Å². The van der Waals surface area contributed by atoms with Gasteiger partial charge in [-0.1, -0.05) is 6.42 Å². The van der Waals surface area contributed by atoms with Gasteiger partial charge in [-0.15, -0.1) is 0 Å². The first-order valence-corrected chi connectivity index (χ1v) is 6.90. The van der Waals surface area contributed by atoms with Crippen molar-refractivity contribution in [3.8, 4) is 0 Å². The van der Waals surface area contributed by atoms with Crippen molar-refractivity contribution in [3.05, 3.63) is 0 Å². The Balaban J connectivity index is 2.15. The standard InChI is InChI=1S/C7H13ClNO2P/c8-12(10)9-5-2-1-3-7(9)4-6-11-12/h7H,1-6H2/t7-,12+/m0/s1. The summed E-state index contributed by atoms with van der Waals surface area (Å²) in [5, 5.41) is 0. The molecule has 2 saturated heterocycles. The van der Waals surface area contributed by atoms with Crippen LogP contribution in [0.5, 0.6) is 0 Å². The fraction of sp³-hybridized carbons (Fsp3) is 1.00. The Morgan fingerprint density at radius 3 is 3.00 bits per heavy atom. The number of fused-ring (bicyclic) bond motifs is 1. The number of hydrogen-bond acceptors (Lipinski definition) is 2. The molecule has 2 atom stereocenters. The second-order valence-corrected chi connectivity index (χ2v) is 6.34. The van der Waals surface area contributed by atoms with Gasteiger partial charge in [-0.2, -0.15) is 0 Å². The highest BCUT2D eigenvalue weighted by molar-refractivity contribution is 7.83. The van der Waals surface area contributed by atoms with Gasteiger partial charge in [0.2, 0.25) is 0 Å². The van der Waals surface area contributed by atoms with Gasteiger partial charge < -0.3 is 4.52 Å². The number of halogens is 1. The molecular formula is C7H13ClNO2P.